The van der Waals surface area contributed by atoms with E-state index in [4.69, 9.17) is 10.6 Å². The van der Waals surface area contributed by atoms with Crippen molar-refractivity contribution in [3.63, 3.8) is 0 Å². The van der Waals surface area contributed by atoms with Gasteiger partial charge in [0.15, 0.2) is 0 Å². The van der Waals surface area contributed by atoms with E-state index in [1.807, 2.05) is 6.07 Å². The van der Waals surface area contributed by atoms with Crippen molar-refractivity contribution in [2.75, 3.05) is 33.8 Å². The summed E-state index contributed by atoms with van der Waals surface area (Å²) in [7, 11) is 2.73. The Kier molecular flexibility index (Phi) is 10.2. The molecule has 0 radical (unpaired) electrons. The number of hydrogen-bond donors (Lipinski definition) is 3. The topological polar surface area (TPSA) is 129 Å². The minimum atomic E-state index is -1.16. The van der Waals surface area contributed by atoms with Gasteiger partial charge in [0, 0.05) is 32.2 Å². The van der Waals surface area contributed by atoms with E-state index < -0.39 is 34.4 Å². The van der Waals surface area contributed by atoms with Crippen molar-refractivity contribution in [1.82, 2.24) is 20.7 Å². The number of amides is 4. The summed E-state index contributed by atoms with van der Waals surface area (Å²) in [5.74, 6) is -2.23. The maximum Gasteiger partial charge on any atom is 0.365 e. The fraction of sp³-hybridized carbons (Fsp3) is 0.360. The van der Waals surface area contributed by atoms with Crippen LogP contribution in [0.1, 0.15) is 30.4 Å². The molecule has 2 aromatic carbocycles. The Morgan fingerprint density at radius 3 is 2.45 bits per heavy atom. The molecule has 1 heterocycles. The predicted octanol–water partition coefficient (Wildman–Crippen LogP) is 2.50. The summed E-state index contributed by atoms with van der Waals surface area (Å²) in [6, 6.07) is 11.4. The number of urea groups is 1. The number of carbonyl (C=O) groups excluding carboxylic acids is 3. The molecule has 0 spiro atoms. The summed E-state index contributed by atoms with van der Waals surface area (Å²) < 4.78 is 28.7. The van der Waals surface area contributed by atoms with Gasteiger partial charge in [-0.25, -0.2) is 18.6 Å². The first-order valence-corrected chi connectivity index (χ1v) is 12.7. The second-order valence-electron chi connectivity index (χ2n) is 8.33. The summed E-state index contributed by atoms with van der Waals surface area (Å²) in [6.45, 7) is 0.741. The Morgan fingerprint density at radius 1 is 1.11 bits per heavy atom. The molecule has 204 valence electrons. The van der Waals surface area contributed by atoms with Crippen molar-refractivity contribution in [3.05, 3.63) is 71.3 Å². The van der Waals surface area contributed by atoms with Gasteiger partial charge in [-0.15, -0.1) is 0 Å². The highest BCUT2D eigenvalue weighted by molar-refractivity contribution is 8.15. The molecule has 0 saturated carbocycles. The standard InChI is InChI=1S/C25H30F2N6O4S/c1-32(37-2)24(36)33-25(17-7-4-3-5-8-17,11-6-13-29-21(34)16-22(35)30-14-12-28)38-23(31-33)19-15-18(26)9-10-20(19)27/h3-5,7-10,15H,6,11-14,16,28H2,1-2H3,(H,29,34)(H,30,35)/t25-/m0/s1. The molecule has 0 bridgehead atoms. The molecular formula is C25H30F2N6O4S. The fourth-order valence-corrected chi connectivity index (χ4v) is 5.21. The van der Waals surface area contributed by atoms with Gasteiger partial charge in [-0.3, -0.25) is 14.4 Å². The molecule has 4 amide bonds. The van der Waals surface area contributed by atoms with Crippen molar-refractivity contribution < 1.29 is 28.0 Å². The molecule has 0 fully saturated rings. The highest BCUT2D eigenvalue weighted by Gasteiger charge is 2.49. The first-order chi connectivity index (χ1) is 18.2. The third-order valence-corrected chi connectivity index (χ3v) is 7.15. The van der Waals surface area contributed by atoms with Gasteiger partial charge in [-0.1, -0.05) is 42.1 Å². The van der Waals surface area contributed by atoms with E-state index in [-0.39, 0.29) is 43.1 Å². The zero-order valence-electron chi connectivity index (χ0n) is 21.1. The molecule has 38 heavy (non-hydrogen) atoms. The van der Waals surface area contributed by atoms with Crippen LogP contribution in [0.3, 0.4) is 0 Å². The van der Waals surface area contributed by atoms with Crippen molar-refractivity contribution >= 4 is 34.7 Å². The number of thioether (sulfide) groups is 1. The van der Waals surface area contributed by atoms with Gasteiger partial charge in [0.1, 0.15) is 28.0 Å². The smallest absolute Gasteiger partial charge is 0.356 e. The van der Waals surface area contributed by atoms with Gasteiger partial charge in [-0.05, 0) is 36.6 Å². The highest BCUT2D eigenvalue weighted by Crippen LogP contribution is 2.50. The maximum atomic E-state index is 14.7. The summed E-state index contributed by atoms with van der Waals surface area (Å²) >= 11 is 1.11. The van der Waals surface area contributed by atoms with Crippen molar-refractivity contribution in [2.24, 2.45) is 10.8 Å². The molecule has 10 nitrogen and oxygen atoms in total. The average Bonchev–Trinajstić information content (AvgIpc) is 3.31. The third-order valence-electron chi connectivity index (χ3n) is 5.71. The molecule has 1 atom stereocenters. The minimum absolute atomic E-state index is 0.0810. The Balaban J connectivity index is 1.88. The number of hydroxylamine groups is 2. The van der Waals surface area contributed by atoms with Gasteiger partial charge >= 0.3 is 6.03 Å². The summed E-state index contributed by atoms with van der Waals surface area (Å²) in [5, 5.41) is 11.9. The first-order valence-electron chi connectivity index (χ1n) is 11.9. The van der Waals surface area contributed by atoms with E-state index in [9.17, 15) is 23.2 Å². The number of carbonyl (C=O) groups is 3. The largest absolute Gasteiger partial charge is 0.365 e. The zero-order chi connectivity index (χ0) is 27.7. The Bertz CT molecular complexity index is 1190. The molecule has 1 aliphatic rings. The number of halogens is 2. The third kappa shape index (κ3) is 6.85. The summed E-state index contributed by atoms with van der Waals surface area (Å²) in [5.41, 5.74) is 5.95. The van der Waals surface area contributed by atoms with Crippen LogP contribution in [0.2, 0.25) is 0 Å². The summed E-state index contributed by atoms with van der Waals surface area (Å²) in [4.78, 5) is 41.2. The van der Waals surface area contributed by atoms with E-state index in [2.05, 4.69) is 15.7 Å². The lowest BCUT2D eigenvalue weighted by Crippen LogP contribution is -2.47. The minimum Gasteiger partial charge on any atom is -0.356 e. The van der Waals surface area contributed by atoms with Crippen LogP contribution in [-0.4, -0.2) is 66.8 Å². The van der Waals surface area contributed by atoms with E-state index in [0.29, 0.717) is 12.0 Å². The Hall–Kier alpha value is -3.55. The molecular weight excluding hydrogens is 518 g/mol. The number of nitrogens with zero attached hydrogens (tertiary/aromatic N) is 3. The van der Waals surface area contributed by atoms with Crippen LogP contribution in [0.25, 0.3) is 0 Å². The molecule has 0 saturated heterocycles. The van der Waals surface area contributed by atoms with E-state index >= 15 is 0 Å². The van der Waals surface area contributed by atoms with Crippen LogP contribution in [0.4, 0.5) is 13.6 Å². The average molecular weight is 549 g/mol. The van der Waals surface area contributed by atoms with Crippen LogP contribution < -0.4 is 16.4 Å². The lowest BCUT2D eigenvalue weighted by molar-refractivity contribution is -0.129. The number of nitrogens with one attached hydrogen (secondary N) is 2. The number of nitrogens with two attached hydrogens (primary N) is 1. The Labute approximate surface area is 223 Å². The van der Waals surface area contributed by atoms with Crippen LogP contribution in [0.5, 0.6) is 0 Å². The molecule has 0 aliphatic carbocycles. The molecule has 13 heteroatoms. The SMILES string of the molecule is CON(C)C(=O)N1N=C(c2cc(F)ccc2F)S[C@@]1(CCCNC(=O)CC(=O)NCCN)c1ccccc1. The van der Waals surface area contributed by atoms with E-state index in [1.165, 1.54) is 19.2 Å². The second-order valence-corrected chi connectivity index (χ2v) is 9.59. The van der Waals surface area contributed by atoms with Crippen molar-refractivity contribution in [1.29, 1.82) is 0 Å². The van der Waals surface area contributed by atoms with Crippen LogP contribution in [0, 0.1) is 11.6 Å². The predicted molar refractivity (Wildman–Crippen MR) is 140 cm³/mol. The molecule has 3 rings (SSSR count). The molecule has 1 aliphatic heterocycles. The quantitative estimate of drug-likeness (QED) is 0.225. The Morgan fingerprint density at radius 2 is 1.79 bits per heavy atom. The lowest BCUT2D eigenvalue weighted by Gasteiger charge is -2.37. The van der Waals surface area contributed by atoms with Crippen molar-refractivity contribution in [2.45, 2.75) is 24.1 Å². The van der Waals surface area contributed by atoms with Gasteiger partial charge in [0.05, 0.1) is 7.11 Å². The highest BCUT2D eigenvalue weighted by atomic mass is 32.2. The van der Waals surface area contributed by atoms with Crippen molar-refractivity contribution in [3.8, 4) is 0 Å². The van der Waals surface area contributed by atoms with Crippen LogP contribution >= 0.6 is 11.8 Å². The molecule has 0 aromatic heterocycles. The monoisotopic (exact) mass is 548 g/mol. The van der Waals surface area contributed by atoms with E-state index in [1.54, 1.807) is 24.3 Å². The van der Waals surface area contributed by atoms with Gasteiger partial charge in [-0.2, -0.15) is 10.1 Å². The molecule has 2 aromatic rings. The molecule has 4 N–H and O–H groups in total. The van der Waals surface area contributed by atoms with Gasteiger partial charge in [0.25, 0.3) is 0 Å². The molecule has 0 unspecified atom stereocenters. The van der Waals surface area contributed by atoms with E-state index in [0.717, 1.165) is 35.0 Å². The summed E-state index contributed by atoms with van der Waals surface area (Å²) in [6.07, 6.45) is 0.301. The number of hydrazone groups is 1. The fourth-order valence-electron chi connectivity index (χ4n) is 3.79. The van der Waals surface area contributed by atoms with Gasteiger partial charge in [0.2, 0.25) is 11.8 Å². The second kappa shape index (κ2) is 13.3. The zero-order valence-corrected chi connectivity index (χ0v) is 21.9. The lowest BCUT2D eigenvalue weighted by atomic mass is 10.0. The normalized spacial score (nSPS) is 16.7. The first kappa shape index (κ1) is 29.0. The number of hydrogen-bond acceptors (Lipinski definition) is 7. The van der Waals surface area contributed by atoms with Crippen LogP contribution in [-0.2, 0) is 19.3 Å². The van der Waals surface area contributed by atoms with Gasteiger partial charge < -0.3 is 16.4 Å². The maximum absolute atomic E-state index is 14.7. The number of benzene rings is 2. The van der Waals surface area contributed by atoms with Crippen LogP contribution in [0.15, 0.2) is 53.6 Å². The number of rotatable bonds is 11.